The van der Waals surface area contributed by atoms with Crippen LogP contribution in [-0.4, -0.2) is 0 Å². The molecule has 0 N–H and O–H groups in total. The number of hydrogen-bond acceptors (Lipinski definition) is 1. The van der Waals surface area contributed by atoms with Crippen LogP contribution in [0.25, 0.3) is 98.4 Å². The molecule has 1 heterocycles. The van der Waals surface area contributed by atoms with Gasteiger partial charge in [-0.1, -0.05) is 152 Å². The maximum atomic E-state index is 9.03. The summed E-state index contributed by atoms with van der Waals surface area (Å²) in [4.78, 5) is 0. The molecule has 0 amide bonds. The van der Waals surface area contributed by atoms with Crippen LogP contribution in [0, 0.1) is 0 Å². The van der Waals surface area contributed by atoms with E-state index in [0.717, 1.165) is 43.8 Å². The zero-order valence-electron chi connectivity index (χ0n) is 31.1. The highest BCUT2D eigenvalue weighted by Gasteiger charge is 2.20. The minimum absolute atomic E-state index is 0.0103. The third kappa shape index (κ3) is 3.90. The van der Waals surface area contributed by atoms with Crippen molar-refractivity contribution in [2.24, 2.45) is 0 Å². The van der Waals surface area contributed by atoms with Crippen LogP contribution in [0.4, 0.5) is 0 Å². The summed E-state index contributed by atoms with van der Waals surface area (Å²) in [6, 6.07) is 44.5. The van der Waals surface area contributed by atoms with Gasteiger partial charge in [-0.2, -0.15) is 0 Å². The molecule has 1 heteroatoms. The summed E-state index contributed by atoms with van der Waals surface area (Å²) in [5.74, 6) is 0. The van der Waals surface area contributed by atoms with Crippen LogP contribution in [0.1, 0.15) is 8.22 Å². The Morgan fingerprint density at radius 2 is 0.979 bits per heavy atom. The Hall–Kier alpha value is -6.18. The van der Waals surface area contributed by atoms with E-state index in [9.17, 15) is 0 Å². The van der Waals surface area contributed by atoms with Crippen LogP contribution >= 0.6 is 0 Å². The highest BCUT2D eigenvalue weighted by molar-refractivity contribution is 6.24. The first-order valence-corrected chi connectivity index (χ1v) is 15.7. The zero-order valence-corrected chi connectivity index (χ0v) is 25.1. The van der Waals surface area contributed by atoms with Gasteiger partial charge in [-0.15, -0.1) is 0 Å². The summed E-state index contributed by atoms with van der Waals surface area (Å²) in [5.41, 5.74) is 7.08. The maximum absolute atomic E-state index is 9.03. The van der Waals surface area contributed by atoms with E-state index in [1.54, 1.807) is 0 Å². The molecular weight excluding hydrogens is 569 g/mol. The molecule has 218 valence electrons. The molecule has 0 radical (unpaired) electrons. The Bertz CT molecular complexity index is 3140. The standard InChI is InChI=1S/C46H28O/c1-3-15-32-29(12-1)14-11-23-36(32)45-39-21-9-7-19-37(39)44(38-20-8-10-22-40(38)45)35-18-6-5-16-33(35)31-25-27-43-42(28-31)41-26-24-30-13-2-4-17-34(30)46(41)47-43/h1-28H/i2D,4D,13D,17D,24D,26D. The van der Waals surface area contributed by atoms with Crippen LogP contribution in [0.2, 0.25) is 0 Å². The van der Waals surface area contributed by atoms with Gasteiger partial charge in [-0.3, -0.25) is 0 Å². The van der Waals surface area contributed by atoms with Gasteiger partial charge in [-0.25, -0.2) is 0 Å². The summed E-state index contributed by atoms with van der Waals surface area (Å²) in [7, 11) is 0. The van der Waals surface area contributed by atoms with Gasteiger partial charge >= 0.3 is 0 Å². The van der Waals surface area contributed by atoms with Crippen LogP contribution < -0.4 is 0 Å². The van der Waals surface area contributed by atoms with Gasteiger partial charge in [-0.05, 0) is 89.3 Å². The number of benzene rings is 9. The zero-order chi connectivity index (χ0) is 36.1. The molecule has 10 rings (SSSR count). The Morgan fingerprint density at radius 3 is 1.74 bits per heavy atom. The smallest absolute Gasteiger partial charge is 0.143 e. The number of furan rings is 1. The van der Waals surface area contributed by atoms with Gasteiger partial charge < -0.3 is 4.42 Å². The fourth-order valence-corrected chi connectivity index (χ4v) is 7.37. The lowest BCUT2D eigenvalue weighted by atomic mass is 9.83. The molecule has 0 aliphatic carbocycles. The number of rotatable bonds is 3. The molecule has 1 nitrogen and oxygen atoms in total. The molecule has 10 aromatic rings. The summed E-state index contributed by atoms with van der Waals surface area (Å²) < 4.78 is 57.9. The minimum atomic E-state index is -0.435. The molecule has 0 bridgehead atoms. The molecule has 0 saturated carbocycles. The largest absolute Gasteiger partial charge is 0.455 e. The molecular formula is C46H28O. The van der Waals surface area contributed by atoms with Gasteiger partial charge in [0, 0.05) is 16.2 Å². The van der Waals surface area contributed by atoms with E-state index in [4.69, 9.17) is 12.6 Å². The van der Waals surface area contributed by atoms with Gasteiger partial charge in [0.1, 0.15) is 11.2 Å². The average Bonchev–Trinajstić information content (AvgIpc) is 3.58. The van der Waals surface area contributed by atoms with Crippen molar-refractivity contribution < 1.29 is 12.6 Å². The third-order valence-corrected chi connectivity index (χ3v) is 9.41. The third-order valence-electron chi connectivity index (χ3n) is 9.41. The number of fused-ring (bicyclic) bond motifs is 8. The van der Waals surface area contributed by atoms with Gasteiger partial charge in [0.2, 0.25) is 0 Å². The van der Waals surface area contributed by atoms with E-state index in [1.807, 2.05) is 24.3 Å². The van der Waals surface area contributed by atoms with Crippen molar-refractivity contribution in [2.45, 2.75) is 0 Å². The molecule has 0 fully saturated rings. The molecule has 1 aromatic heterocycles. The van der Waals surface area contributed by atoms with Crippen molar-refractivity contribution in [3.8, 4) is 33.4 Å². The molecule has 0 aliphatic rings. The van der Waals surface area contributed by atoms with Gasteiger partial charge in [0.25, 0.3) is 0 Å². The number of hydrogen-bond donors (Lipinski definition) is 0. The summed E-state index contributed by atoms with van der Waals surface area (Å²) in [5, 5.41) is 8.04. The minimum Gasteiger partial charge on any atom is -0.455 e. The van der Waals surface area contributed by atoms with Crippen molar-refractivity contribution >= 4 is 65.0 Å². The summed E-state index contributed by atoms with van der Waals surface area (Å²) in [6.07, 6.45) is 0. The molecule has 0 saturated heterocycles. The maximum Gasteiger partial charge on any atom is 0.143 e. The predicted octanol–water partition coefficient (Wildman–Crippen LogP) is 13.2. The van der Waals surface area contributed by atoms with E-state index >= 15 is 0 Å². The second-order valence-electron chi connectivity index (χ2n) is 11.9. The molecule has 0 unspecified atom stereocenters. The highest BCUT2D eigenvalue weighted by atomic mass is 16.3. The van der Waals surface area contributed by atoms with E-state index in [-0.39, 0.29) is 40.5 Å². The predicted molar refractivity (Wildman–Crippen MR) is 200 cm³/mol. The molecule has 0 aliphatic heterocycles. The lowest BCUT2D eigenvalue weighted by Gasteiger charge is -2.20. The SMILES string of the molecule is [2H]c1c([2H])c([2H])c2c(c1[2H])c([2H])c([2H])c1c3cc(-c4ccccc4-c4c5ccccc5c(-c5cccc6ccccc56)c5ccccc45)ccc3oc21. The van der Waals surface area contributed by atoms with Crippen molar-refractivity contribution in [3.05, 3.63) is 170 Å². The topological polar surface area (TPSA) is 13.1 Å². The lowest BCUT2D eigenvalue weighted by Crippen LogP contribution is -1.93. The van der Waals surface area contributed by atoms with Gasteiger partial charge in [0.05, 0.1) is 8.22 Å². The Morgan fingerprint density at radius 1 is 0.383 bits per heavy atom. The van der Waals surface area contributed by atoms with Crippen LogP contribution in [0.3, 0.4) is 0 Å². The van der Waals surface area contributed by atoms with Crippen molar-refractivity contribution in [1.82, 2.24) is 0 Å². The highest BCUT2D eigenvalue weighted by Crippen LogP contribution is 2.47. The van der Waals surface area contributed by atoms with Crippen LogP contribution in [0.5, 0.6) is 0 Å². The quantitative estimate of drug-likeness (QED) is 0.183. The van der Waals surface area contributed by atoms with Crippen molar-refractivity contribution in [1.29, 1.82) is 0 Å². The first kappa shape index (κ1) is 20.8. The second-order valence-corrected chi connectivity index (χ2v) is 11.9. The van der Waals surface area contributed by atoms with E-state index in [1.165, 1.54) is 21.9 Å². The molecule has 0 spiro atoms. The Kier molecular flexibility index (Phi) is 4.49. The first-order valence-electron chi connectivity index (χ1n) is 18.7. The summed E-state index contributed by atoms with van der Waals surface area (Å²) in [6.45, 7) is 0. The van der Waals surface area contributed by atoms with Crippen LogP contribution in [-0.2, 0) is 0 Å². The van der Waals surface area contributed by atoms with Crippen molar-refractivity contribution in [3.63, 3.8) is 0 Å². The van der Waals surface area contributed by atoms with E-state index in [2.05, 4.69) is 109 Å². The molecule has 0 atom stereocenters. The van der Waals surface area contributed by atoms with Crippen molar-refractivity contribution in [2.75, 3.05) is 0 Å². The van der Waals surface area contributed by atoms with Gasteiger partial charge in [0.15, 0.2) is 0 Å². The average molecular weight is 603 g/mol. The van der Waals surface area contributed by atoms with E-state index in [0.29, 0.717) is 16.4 Å². The fraction of sp³-hybridized carbons (Fsp3) is 0. The Balaban J connectivity index is 1.26. The van der Waals surface area contributed by atoms with E-state index < -0.39 is 12.1 Å². The summed E-state index contributed by atoms with van der Waals surface area (Å²) >= 11 is 0. The Labute approximate surface area is 280 Å². The normalized spacial score (nSPS) is 13.6. The molecule has 47 heavy (non-hydrogen) atoms. The van der Waals surface area contributed by atoms with Crippen LogP contribution in [0.15, 0.2) is 174 Å². The molecule has 9 aromatic carbocycles. The fourth-order valence-electron chi connectivity index (χ4n) is 7.37. The second kappa shape index (κ2) is 10.2. The lowest BCUT2D eigenvalue weighted by molar-refractivity contribution is 0.672. The first-order chi connectivity index (χ1) is 25.8. The monoisotopic (exact) mass is 602 g/mol.